The zero-order valence-electron chi connectivity index (χ0n) is 20.3. The van der Waals surface area contributed by atoms with Gasteiger partial charge in [-0.2, -0.15) is 0 Å². The summed E-state index contributed by atoms with van der Waals surface area (Å²) in [5.74, 6) is -0.200. The molecule has 3 aliphatic rings. The van der Waals surface area contributed by atoms with Crippen molar-refractivity contribution in [1.29, 1.82) is 0 Å². The average molecular weight is 488 g/mol. The fourth-order valence-electron chi connectivity index (χ4n) is 5.60. The molecule has 2 saturated heterocycles. The van der Waals surface area contributed by atoms with Crippen molar-refractivity contribution < 1.29 is 23.9 Å². The van der Waals surface area contributed by atoms with E-state index in [2.05, 4.69) is 16.7 Å². The van der Waals surface area contributed by atoms with Crippen molar-refractivity contribution in [3.05, 3.63) is 70.9 Å². The number of para-hydroxylation sites is 1. The first-order valence-electron chi connectivity index (χ1n) is 12.5. The van der Waals surface area contributed by atoms with Gasteiger partial charge in [-0.05, 0) is 36.5 Å². The van der Waals surface area contributed by atoms with E-state index in [0.29, 0.717) is 31.7 Å². The number of nitrogens with zero attached hydrogens (tertiary/aromatic N) is 3. The van der Waals surface area contributed by atoms with E-state index >= 15 is 0 Å². The maximum Gasteiger partial charge on any atom is 0.327 e. The molecule has 3 aliphatic heterocycles. The predicted molar refractivity (Wildman–Crippen MR) is 133 cm³/mol. The van der Waals surface area contributed by atoms with Crippen molar-refractivity contribution in [1.82, 2.24) is 14.4 Å². The first-order valence-corrected chi connectivity index (χ1v) is 12.5. The fraction of sp³-hybridized carbons (Fsp3) is 0.393. The van der Waals surface area contributed by atoms with E-state index in [1.165, 1.54) is 4.90 Å². The van der Waals surface area contributed by atoms with Crippen LogP contribution in [0.2, 0.25) is 0 Å². The van der Waals surface area contributed by atoms with Gasteiger partial charge in [-0.3, -0.25) is 14.5 Å². The molecule has 3 aromatic rings. The highest BCUT2D eigenvalue weighted by Crippen LogP contribution is 2.36. The third-order valence-electron chi connectivity index (χ3n) is 7.59. The molecule has 2 unspecified atom stereocenters. The summed E-state index contributed by atoms with van der Waals surface area (Å²) in [4.78, 5) is 40.8. The summed E-state index contributed by atoms with van der Waals surface area (Å²) >= 11 is 0. The minimum Gasteiger partial charge on any atom is -0.353 e. The van der Waals surface area contributed by atoms with Crippen LogP contribution >= 0.6 is 0 Å². The van der Waals surface area contributed by atoms with E-state index < -0.39 is 6.04 Å². The SMILES string of the molecule is CN1C(=O)C2Cc3c(n(Cc4ccc(C(=O)COC5CCCCO5)cc4)c4ccccc34)CN2C1=O. The van der Waals surface area contributed by atoms with Crippen LogP contribution in [-0.4, -0.2) is 64.7 Å². The lowest BCUT2D eigenvalue weighted by Gasteiger charge is -2.28. The van der Waals surface area contributed by atoms with E-state index in [1.807, 2.05) is 36.4 Å². The number of imide groups is 1. The van der Waals surface area contributed by atoms with Crippen LogP contribution in [0.5, 0.6) is 0 Å². The monoisotopic (exact) mass is 487 g/mol. The van der Waals surface area contributed by atoms with E-state index in [4.69, 9.17) is 9.47 Å². The smallest absolute Gasteiger partial charge is 0.327 e. The lowest BCUT2D eigenvalue weighted by Crippen LogP contribution is -2.40. The topological polar surface area (TPSA) is 81.1 Å². The lowest BCUT2D eigenvalue weighted by atomic mass is 9.97. The van der Waals surface area contributed by atoms with E-state index in [1.54, 1.807) is 11.9 Å². The quantitative estimate of drug-likeness (QED) is 0.391. The second-order valence-electron chi connectivity index (χ2n) is 9.78. The van der Waals surface area contributed by atoms with Crippen molar-refractivity contribution in [3.8, 4) is 0 Å². The Morgan fingerprint density at radius 2 is 1.89 bits per heavy atom. The molecule has 0 N–H and O–H groups in total. The van der Waals surface area contributed by atoms with Crippen LogP contribution < -0.4 is 0 Å². The van der Waals surface area contributed by atoms with Crippen LogP contribution in [0.3, 0.4) is 0 Å². The molecule has 186 valence electrons. The van der Waals surface area contributed by atoms with E-state index in [9.17, 15) is 14.4 Å². The molecule has 3 amide bonds. The molecule has 8 heteroatoms. The number of amides is 3. The van der Waals surface area contributed by atoms with Gasteiger partial charge in [0.2, 0.25) is 0 Å². The van der Waals surface area contributed by atoms with Gasteiger partial charge >= 0.3 is 6.03 Å². The average Bonchev–Trinajstić information content (AvgIpc) is 3.33. The Balaban J connectivity index is 1.23. The third-order valence-corrected chi connectivity index (χ3v) is 7.59. The van der Waals surface area contributed by atoms with Gasteiger partial charge in [0.05, 0.1) is 6.54 Å². The molecule has 2 aromatic carbocycles. The van der Waals surface area contributed by atoms with Crippen molar-refractivity contribution in [2.75, 3.05) is 20.3 Å². The highest BCUT2D eigenvalue weighted by Gasteiger charge is 2.46. The third kappa shape index (κ3) is 3.90. The van der Waals surface area contributed by atoms with Gasteiger partial charge in [0.25, 0.3) is 5.91 Å². The number of urea groups is 1. The van der Waals surface area contributed by atoms with Crippen LogP contribution in [-0.2, 0) is 33.8 Å². The molecule has 8 nitrogen and oxygen atoms in total. The largest absolute Gasteiger partial charge is 0.353 e. The summed E-state index contributed by atoms with van der Waals surface area (Å²) in [6.45, 7) is 1.71. The number of carbonyl (C=O) groups is 3. The number of Topliss-reactive ketones (excluding diaryl/α,β-unsaturated/α-hetero) is 1. The minimum atomic E-state index is -0.430. The van der Waals surface area contributed by atoms with Crippen LogP contribution in [0.15, 0.2) is 48.5 Å². The van der Waals surface area contributed by atoms with Crippen LogP contribution in [0.4, 0.5) is 4.79 Å². The van der Waals surface area contributed by atoms with Crippen LogP contribution in [0.25, 0.3) is 10.9 Å². The fourth-order valence-corrected chi connectivity index (χ4v) is 5.60. The summed E-state index contributed by atoms with van der Waals surface area (Å²) in [7, 11) is 1.55. The second-order valence-corrected chi connectivity index (χ2v) is 9.78. The molecule has 36 heavy (non-hydrogen) atoms. The maximum absolute atomic E-state index is 12.7. The number of carbonyl (C=O) groups excluding carboxylic acids is 3. The minimum absolute atomic E-state index is 0.0119. The summed E-state index contributed by atoms with van der Waals surface area (Å²) in [5.41, 5.74) is 4.94. The van der Waals surface area contributed by atoms with Crippen molar-refractivity contribution in [2.45, 2.75) is 51.1 Å². The molecule has 0 spiro atoms. The van der Waals surface area contributed by atoms with Gasteiger partial charge in [0.1, 0.15) is 12.6 Å². The molecule has 0 radical (unpaired) electrons. The van der Waals surface area contributed by atoms with Crippen LogP contribution in [0.1, 0.15) is 46.4 Å². The molecule has 4 heterocycles. The standard InChI is InChI=1S/C28H29N3O5/c1-29-27(33)23-14-21-20-6-2-3-7-22(20)30(24(21)16-31(23)28(29)34)15-18-9-11-19(12-10-18)25(32)17-36-26-8-4-5-13-35-26/h2-3,6-7,9-12,23,26H,4-5,8,13-17H2,1H3. The van der Waals surface area contributed by atoms with Crippen LogP contribution in [0, 0.1) is 0 Å². The van der Waals surface area contributed by atoms with Crippen molar-refractivity contribution in [3.63, 3.8) is 0 Å². The highest BCUT2D eigenvalue weighted by molar-refractivity contribution is 6.05. The molecular formula is C28H29N3O5. The molecule has 2 fully saturated rings. The highest BCUT2D eigenvalue weighted by atomic mass is 16.7. The number of hydrogen-bond donors (Lipinski definition) is 0. The molecule has 6 rings (SSSR count). The molecule has 0 aliphatic carbocycles. The number of ketones is 1. The number of aromatic nitrogens is 1. The summed E-state index contributed by atoms with van der Waals surface area (Å²) < 4.78 is 13.4. The number of benzene rings is 2. The Kier molecular flexibility index (Phi) is 5.85. The van der Waals surface area contributed by atoms with Crippen molar-refractivity contribution in [2.24, 2.45) is 0 Å². The Labute approximate surface area is 209 Å². The van der Waals surface area contributed by atoms with Gasteiger partial charge in [-0.25, -0.2) is 4.79 Å². The molecule has 2 atom stereocenters. The van der Waals surface area contributed by atoms with Gasteiger partial charge < -0.3 is 18.9 Å². The Morgan fingerprint density at radius 1 is 1.08 bits per heavy atom. The van der Waals surface area contributed by atoms with Crippen molar-refractivity contribution >= 4 is 28.6 Å². The summed E-state index contributed by atoms with van der Waals surface area (Å²) in [6, 6.07) is 15.1. The molecular weight excluding hydrogens is 458 g/mol. The summed E-state index contributed by atoms with van der Waals surface area (Å²) in [5, 5.41) is 1.12. The zero-order chi connectivity index (χ0) is 24.8. The Hall–Kier alpha value is -3.49. The Bertz CT molecular complexity index is 1340. The second kappa shape index (κ2) is 9.19. The maximum atomic E-state index is 12.7. The first kappa shape index (κ1) is 22.9. The normalized spacial score (nSPS) is 21.7. The van der Waals surface area contributed by atoms with Gasteiger partial charge in [-0.15, -0.1) is 0 Å². The predicted octanol–water partition coefficient (Wildman–Crippen LogP) is 3.73. The summed E-state index contributed by atoms with van der Waals surface area (Å²) in [6.07, 6.45) is 3.17. The molecule has 1 aromatic heterocycles. The molecule has 0 bridgehead atoms. The Morgan fingerprint density at radius 3 is 2.67 bits per heavy atom. The van der Waals surface area contributed by atoms with E-state index in [-0.39, 0.29) is 30.6 Å². The first-order chi connectivity index (χ1) is 17.5. The lowest BCUT2D eigenvalue weighted by molar-refractivity contribution is -0.155. The molecule has 0 saturated carbocycles. The van der Waals surface area contributed by atoms with Gasteiger partial charge in [0.15, 0.2) is 12.1 Å². The zero-order valence-corrected chi connectivity index (χ0v) is 20.3. The van der Waals surface area contributed by atoms with Gasteiger partial charge in [-0.1, -0.05) is 42.5 Å². The van der Waals surface area contributed by atoms with Gasteiger partial charge in [0, 0.05) is 48.8 Å². The number of likely N-dealkylation sites (N-methyl/N-ethyl adjacent to an activating group) is 1. The number of rotatable bonds is 6. The number of hydrogen-bond acceptors (Lipinski definition) is 5. The van der Waals surface area contributed by atoms with E-state index in [0.717, 1.165) is 47.0 Å². The number of ether oxygens (including phenoxy) is 2. The number of fused-ring (bicyclic) bond motifs is 4.